The molecular formula is C3F4O2S2. The van der Waals surface area contributed by atoms with Crippen molar-refractivity contribution >= 4 is 32.1 Å². The Kier molecular flexibility index (Phi) is 3.87. The minimum atomic E-state index is -5.02. The lowest BCUT2D eigenvalue weighted by Gasteiger charge is -1.99. The van der Waals surface area contributed by atoms with E-state index >= 15 is 0 Å². The molecule has 0 saturated carbocycles. The molecular weight excluding hydrogens is 208 g/mol. The Bertz CT molecular complexity index is 177. The smallest absolute Gasteiger partial charge is 0.276 e. The summed E-state index contributed by atoms with van der Waals surface area (Å²) >= 11 is 0. The number of carbonyl (C=O) groups is 2. The molecule has 0 aliphatic carbocycles. The Morgan fingerprint density at radius 2 is 1.55 bits per heavy atom. The molecule has 0 rings (SSSR count). The molecule has 0 aliphatic rings. The van der Waals surface area contributed by atoms with Gasteiger partial charge in [-0.15, -0.1) is 0 Å². The number of hydrogen-bond donors (Lipinski definition) is 0. The van der Waals surface area contributed by atoms with E-state index in [0.717, 1.165) is 0 Å². The van der Waals surface area contributed by atoms with Gasteiger partial charge in [-0.2, -0.15) is 17.6 Å². The lowest BCUT2D eigenvalue weighted by atomic mass is 10.8. The summed E-state index contributed by atoms with van der Waals surface area (Å²) in [6.45, 7) is 0. The largest absolute Gasteiger partial charge is 0.461 e. The van der Waals surface area contributed by atoms with E-state index < -0.39 is 38.2 Å². The van der Waals surface area contributed by atoms with E-state index in [1.165, 1.54) is 0 Å². The van der Waals surface area contributed by atoms with Gasteiger partial charge in [0, 0.05) is 21.6 Å². The monoisotopic (exact) mass is 208 g/mol. The summed E-state index contributed by atoms with van der Waals surface area (Å²) in [5, 5.41) is -4.24. The van der Waals surface area contributed by atoms with Crippen LogP contribution in [0.4, 0.5) is 22.4 Å². The Morgan fingerprint density at radius 3 is 1.82 bits per heavy atom. The SMILES string of the molecule is O=C(F)SSC(=O)C(F)(F)F. The molecule has 0 aliphatic heterocycles. The normalized spacial score (nSPS) is 11.3. The number of rotatable bonds is 0. The number of carbonyl (C=O) groups excluding carboxylic acids is 2. The van der Waals surface area contributed by atoms with Crippen molar-refractivity contribution in [1.29, 1.82) is 0 Å². The summed E-state index contributed by atoms with van der Waals surface area (Å²) in [5.74, 6) is 0. The van der Waals surface area contributed by atoms with E-state index in [-0.39, 0.29) is 0 Å². The molecule has 11 heavy (non-hydrogen) atoms. The molecule has 0 saturated heterocycles. The van der Waals surface area contributed by atoms with Crippen molar-refractivity contribution in [3.63, 3.8) is 0 Å². The van der Waals surface area contributed by atoms with E-state index in [1.54, 1.807) is 0 Å². The van der Waals surface area contributed by atoms with Crippen molar-refractivity contribution < 1.29 is 27.2 Å². The molecule has 0 radical (unpaired) electrons. The molecule has 8 heteroatoms. The maximum atomic E-state index is 11.3. The van der Waals surface area contributed by atoms with Gasteiger partial charge in [0.05, 0.1) is 0 Å². The Labute approximate surface area is 66.1 Å². The molecule has 0 unspecified atom stereocenters. The van der Waals surface area contributed by atoms with Gasteiger partial charge in [0.1, 0.15) is 0 Å². The second-order valence-corrected chi connectivity index (χ2v) is 3.21. The predicted molar refractivity (Wildman–Crippen MR) is 32.7 cm³/mol. The molecule has 0 fully saturated rings. The fourth-order valence-electron chi connectivity index (χ4n) is 0.118. The van der Waals surface area contributed by atoms with Gasteiger partial charge in [-0.25, -0.2) is 4.79 Å². The molecule has 0 heterocycles. The Balaban J connectivity index is 3.80. The molecule has 0 amide bonds. The molecule has 0 aromatic heterocycles. The number of halogens is 4. The van der Waals surface area contributed by atoms with Crippen LogP contribution in [0, 0.1) is 0 Å². The molecule has 0 aromatic rings. The maximum Gasteiger partial charge on any atom is 0.461 e. The van der Waals surface area contributed by atoms with Crippen LogP contribution in [0.3, 0.4) is 0 Å². The van der Waals surface area contributed by atoms with E-state index in [0.29, 0.717) is 0 Å². The molecule has 0 bridgehead atoms. The standard InChI is InChI=1S/C3F4O2S2/c4-2(9)11-10-1(8)3(5,6)7. The van der Waals surface area contributed by atoms with E-state index in [4.69, 9.17) is 0 Å². The van der Waals surface area contributed by atoms with Gasteiger partial charge in [0.2, 0.25) is 0 Å². The molecule has 2 nitrogen and oxygen atoms in total. The van der Waals surface area contributed by atoms with Crippen LogP contribution in [0.5, 0.6) is 0 Å². The van der Waals surface area contributed by atoms with E-state index in [9.17, 15) is 27.2 Å². The first-order valence-corrected chi connectivity index (χ1v) is 4.14. The van der Waals surface area contributed by atoms with Crippen LogP contribution in [0.2, 0.25) is 0 Å². The molecule has 0 aromatic carbocycles. The van der Waals surface area contributed by atoms with Crippen LogP contribution in [-0.2, 0) is 4.79 Å². The maximum absolute atomic E-state index is 11.3. The van der Waals surface area contributed by atoms with E-state index in [2.05, 4.69) is 0 Å². The zero-order chi connectivity index (χ0) is 9.07. The molecule has 0 spiro atoms. The highest BCUT2D eigenvalue weighted by Crippen LogP contribution is 2.32. The topological polar surface area (TPSA) is 34.1 Å². The summed E-state index contributed by atoms with van der Waals surface area (Å²) in [5.41, 5.74) is 0. The fourth-order valence-corrected chi connectivity index (χ4v) is 1.06. The summed E-state index contributed by atoms with van der Waals surface area (Å²) < 4.78 is 45.1. The zero-order valence-electron chi connectivity index (χ0n) is 4.64. The van der Waals surface area contributed by atoms with E-state index in [1.807, 2.05) is 0 Å². The first kappa shape index (κ1) is 10.8. The van der Waals surface area contributed by atoms with Gasteiger partial charge < -0.3 is 0 Å². The molecule has 0 atom stereocenters. The van der Waals surface area contributed by atoms with Gasteiger partial charge in [-0.1, -0.05) is 0 Å². The van der Waals surface area contributed by atoms with Crippen LogP contribution in [0.1, 0.15) is 0 Å². The average Bonchev–Trinajstić information content (AvgIpc) is 1.80. The van der Waals surface area contributed by atoms with Crippen molar-refractivity contribution in [2.75, 3.05) is 0 Å². The van der Waals surface area contributed by atoms with Crippen molar-refractivity contribution in [2.24, 2.45) is 0 Å². The second-order valence-electron chi connectivity index (χ2n) is 1.19. The summed E-state index contributed by atoms with van der Waals surface area (Å²) in [6, 6.07) is 0. The number of alkyl halides is 3. The first-order chi connectivity index (χ1) is 4.84. The highest BCUT2D eigenvalue weighted by molar-refractivity contribution is 8.87. The summed E-state index contributed by atoms with van der Waals surface area (Å²) in [4.78, 5) is 19.3. The third-order valence-corrected chi connectivity index (χ3v) is 2.11. The van der Waals surface area contributed by atoms with Gasteiger partial charge in [0.25, 0.3) is 0 Å². The lowest BCUT2D eigenvalue weighted by molar-refractivity contribution is -0.160. The highest BCUT2D eigenvalue weighted by atomic mass is 33.1. The predicted octanol–water partition coefficient (Wildman–Crippen LogP) is 2.55. The van der Waals surface area contributed by atoms with Gasteiger partial charge in [-0.3, -0.25) is 4.79 Å². The quantitative estimate of drug-likeness (QED) is 0.348. The minimum absolute atomic E-state index is 0.392. The van der Waals surface area contributed by atoms with Gasteiger partial charge in [0.15, 0.2) is 0 Å². The zero-order valence-corrected chi connectivity index (χ0v) is 6.28. The second kappa shape index (κ2) is 3.96. The van der Waals surface area contributed by atoms with Gasteiger partial charge >= 0.3 is 16.7 Å². The summed E-state index contributed by atoms with van der Waals surface area (Å²) in [6.07, 6.45) is -5.02. The molecule has 64 valence electrons. The number of hydrogen-bond acceptors (Lipinski definition) is 4. The Morgan fingerprint density at radius 1 is 1.09 bits per heavy atom. The van der Waals surface area contributed by atoms with Crippen LogP contribution >= 0.6 is 21.6 Å². The first-order valence-electron chi connectivity index (χ1n) is 1.99. The Hall–Kier alpha value is -0.240. The summed E-state index contributed by atoms with van der Waals surface area (Å²) in [7, 11) is -0.873. The van der Waals surface area contributed by atoms with Crippen LogP contribution < -0.4 is 0 Å². The molecule has 0 N–H and O–H groups in total. The van der Waals surface area contributed by atoms with Crippen molar-refractivity contribution in [1.82, 2.24) is 0 Å². The third kappa shape index (κ3) is 5.08. The average molecular weight is 208 g/mol. The lowest BCUT2D eigenvalue weighted by Crippen LogP contribution is -2.18. The van der Waals surface area contributed by atoms with Gasteiger partial charge in [-0.05, 0) is 0 Å². The highest BCUT2D eigenvalue weighted by Gasteiger charge is 2.39. The van der Waals surface area contributed by atoms with Crippen LogP contribution in [-0.4, -0.2) is 16.7 Å². The minimum Gasteiger partial charge on any atom is -0.276 e. The van der Waals surface area contributed by atoms with Crippen LogP contribution in [0.25, 0.3) is 0 Å². The van der Waals surface area contributed by atoms with Crippen molar-refractivity contribution in [2.45, 2.75) is 6.18 Å². The fraction of sp³-hybridized carbons (Fsp3) is 0.333. The van der Waals surface area contributed by atoms with Crippen LogP contribution in [0.15, 0.2) is 0 Å². The third-order valence-electron chi connectivity index (χ3n) is 0.414. The van der Waals surface area contributed by atoms with Crippen molar-refractivity contribution in [3.8, 4) is 0 Å². The van der Waals surface area contributed by atoms with Crippen molar-refractivity contribution in [3.05, 3.63) is 0 Å².